The van der Waals surface area contributed by atoms with E-state index in [4.69, 9.17) is 18.0 Å². The highest BCUT2D eigenvalue weighted by Gasteiger charge is 2.20. The summed E-state index contributed by atoms with van der Waals surface area (Å²) in [6, 6.07) is 7.87. The van der Waals surface area contributed by atoms with E-state index >= 15 is 0 Å². The Labute approximate surface area is 129 Å². The molecule has 3 rings (SSSR count). The van der Waals surface area contributed by atoms with Gasteiger partial charge in [-0.3, -0.25) is 4.98 Å². The van der Waals surface area contributed by atoms with E-state index in [2.05, 4.69) is 19.8 Å². The smallest absolute Gasteiger partial charge is 0.128 e. The number of thiocarbonyl (C=S) groups is 1. The van der Waals surface area contributed by atoms with Crippen molar-refractivity contribution in [1.82, 2.24) is 9.97 Å². The SMILES string of the molecule is NC(=S)c1ccncc1N1CCN(c2ccccn2)CC1. The molecule has 108 valence electrons. The fraction of sp³-hybridized carbons (Fsp3) is 0.267. The standard InChI is InChI=1S/C15H17N5S/c16-15(21)12-4-6-17-11-13(12)19-7-9-20(10-8-19)14-3-1-2-5-18-14/h1-6,11H,7-10H2,(H2,16,21). The van der Waals surface area contributed by atoms with E-state index in [1.54, 1.807) is 6.20 Å². The Morgan fingerprint density at radius 3 is 2.48 bits per heavy atom. The topological polar surface area (TPSA) is 58.3 Å². The number of aromatic nitrogens is 2. The Morgan fingerprint density at radius 1 is 1.05 bits per heavy atom. The molecule has 0 unspecified atom stereocenters. The summed E-state index contributed by atoms with van der Waals surface area (Å²) in [5.41, 5.74) is 7.71. The summed E-state index contributed by atoms with van der Waals surface area (Å²) >= 11 is 5.12. The molecule has 0 spiro atoms. The molecule has 0 saturated carbocycles. The fourth-order valence-electron chi connectivity index (χ4n) is 2.56. The van der Waals surface area contributed by atoms with Gasteiger partial charge in [0.05, 0.1) is 11.9 Å². The van der Waals surface area contributed by atoms with Crippen LogP contribution in [0.15, 0.2) is 42.9 Å². The molecule has 2 aromatic rings. The van der Waals surface area contributed by atoms with E-state index in [-0.39, 0.29) is 0 Å². The largest absolute Gasteiger partial charge is 0.389 e. The zero-order valence-corrected chi connectivity index (χ0v) is 12.5. The van der Waals surface area contributed by atoms with Crippen LogP contribution in [0.5, 0.6) is 0 Å². The molecule has 0 radical (unpaired) electrons. The molecule has 5 nitrogen and oxygen atoms in total. The summed E-state index contributed by atoms with van der Waals surface area (Å²) < 4.78 is 0. The van der Waals surface area contributed by atoms with Crippen LogP contribution in [0.2, 0.25) is 0 Å². The number of pyridine rings is 2. The first kappa shape index (κ1) is 13.8. The minimum Gasteiger partial charge on any atom is -0.389 e. The van der Waals surface area contributed by atoms with Gasteiger partial charge in [0.15, 0.2) is 0 Å². The van der Waals surface area contributed by atoms with Crippen molar-refractivity contribution in [3.63, 3.8) is 0 Å². The lowest BCUT2D eigenvalue weighted by Gasteiger charge is -2.37. The molecule has 0 aliphatic carbocycles. The van der Waals surface area contributed by atoms with Crippen molar-refractivity contribution in [3.8, 4) is 0 Å². The lowest BCUT2D eigenvalue weighted by molar-refractivity contribution is 0.646. The van der Waals surface area contributed by atoms with E-state index in [1.807, 2.05) is 36.7 Å². The van der Waals surface area contributed by atoms with Gasteiger partial charge in [-0.1, -0.05) is 18.3 Å². The van der Waals surface area contributed by atoms with Gasteiger partial charge in [-0.2, -0.15) is 0 Å². The molecule has 3 heterocycles. The van der Waals surface area contributed by atoms with Crippen molar-refractivity contribution in [3.05, 3.63) is 48.4 Å². The van der Waals surface area contributed by atoms with E-state index in [9.17, 15) is 0 Å². The first-order valence-corrected chi connectivity index (χ1v) is 7.31. The molecule has 0 bridgehead atoms. The number of piperazine rings is 1. The van der Waals surface area contributed by atoms with Crippen molar-refractivity contribution in [2.45, 2.75) is 0 Å². The fourth-order valence-corrected chi connectivity index (χ4v) is 2.74. The summed E-state index contributed by atoms with van der Waals surface area (Å²) in [7, 11) is 0. The molecule has 2 N–H and O–H groups in total. The maximum atomic E-state index is 5.80. The average molecular weight is 299 g/mol. The highest BCUT2D eigenvalue weighted by molar-refractivity contribution is 7.80. The first-order valence-electron chi connectivity index (χ1n) is 6.90. The predicted molar refractivity (Wildman–Crippen MR) is 88.8 cm³/mol. The van der Waals surface area contributed by atoms with Gasteiger partial charge in [0.1, 0.15) is 10.8 Å². The molecule has 6 heteroatoms. The van der Waals surface area contributed by atoms with Crippen molar-refractivity contribution in [1.29, 1.82) is 0 Å². The van der Waals surface area contributed by atoms with E-state index in [1.165, 1.54) is 0 Å². The van der Waals surface area contributed by atoms with Crippen LogP contribution in [0.1, 0.15) is 5.56 Å². The van der Waals surface area contributed by atoms with Gasteiger partial charge < -0.3 is 15.5 Å². The molecule has 0 amide bonds. The quantitative estimate of drug-likeness (QED) is 0.866. The summed E-state index contributed by atoms with van der Waals surface area (Å²) in [6.07, 6.45) is 5.39. The Bertz CT molecular complexity index is 623. The van der Waals surface area contributed by atoms with Crippen molar-refractivity contribution < 1.29 is 0 Å². The lowest BCUT2D eigenvalue weighted by atomic mass is 10.2. The minimum atomic E-state index is 0.416. The molecule has 1 fully saturated rings. The van der Waals surface area contributed by atoms with Crippen LogP contribution in [0.25, 0.3) is 0 Å². The van der Waals surface area contributed by atoms with E-state index in [0.29, 0.717) is 4.99 Å². The van der Waals surface area contributed by atoms with E-state index < -0.39 is 0 Å². The van der Waals surface area contributed by atoms with Gasteiger partial charge in [-0.25, -0.2) is 4.98 Å². The highest BCUT2D eigenvalue weighted by Crippen LogP contribution is 2.22. The summed E-state index contributed by atoms with van der Waals surface area (Å²) in [4.78, 5) is 13.6. The number of hydrogen-bond donors (Lipinski definition) is 1. The Hall–Kier alpha value is -2.21. The van der Waals surface area contributed by atoms with Crippen LogP contribution in [0.3, 0.4) is 0 Å². The molecule has 0 aromatic carbocycles. The third kappa shape index (κ3) is 2.95. The molecule has 21 heavy (non-hydrogen) atoms. The third-order valence-corrected chi connectivity index (χ3v) is 3.88. The van der Waals surface area contributed by atoms with Gasteiger partial charge in [0.2, 0.25) is 0 Å². The number of anilines is 2. The molecule has 1 saturated heterocycles. The zero-order valence-electron chi connectivity index (χ0n) is 11.6. The zero-order chi connectivity index (χ0) is 14.7. The first-order chi connectivity index (χ1) is 10.3. The van der Waals surface area contributed by atoms with Gasteiger partial charge in [0, 0.05) is 44.1 Å². The van der Waals surface area contributed by atoms with Gasteiger partial charge in [-0.15, -0.1) is 0 Å². The minimum absolute atomic E-state index is 0.416. The summed E-state index contributed by atoms with van der Waals surface area (Å²) in [5, 5.41) is 0. The molecular formula is C15H17N5S. The maximum absolute atomic E-state index is 5.80. The molecule has 1 aliphatic heterocycles. The van der Waals surface area contributed by atoms with Crippen LogP contribution in [-0.4, -0.2) is 41.1 Å². The normalized spacial score (nSPS) is 15.0. The molecule has 0 atom stereocenters. The Balaban J connectivity index is 1.73. The summed E-state index contributed by atoms with van der Waals surface area (Å²) in [6.45, 7) is 3.64. The maximum Gasteiger partial charge on any atom is 0.128 e. The van der Waals surface area contributed by atoms with Crippen LogP contribution in [0.4, 0.5) is 11.5 Å². The predicted octanol–water partition coefficient (Wildman–Crippen LogP) is 1.44. The highest BCUT2D eigenvalue weighted by atomic mass is 32.1. The van der Waals surface area contributed by atoms with Gasteiger partial charge >= 0.3 is 0 Å². The second kappa shape index (κ2) is 6.05. The molecule has 1 aliphatic rings. The second-order valence-corrected chi connectivity index (χ2v) is 5.36. The van der Waals surface area contributed by atoms with Gasteiger partial charge in [-0.05, 0) is 18.2 Å². The van der Waals surface area contributed by atoms with Crippen LogP contribution in [-0.2, 0) is 0 Å². The van der Waals surface area contributed by atoms with Crippen molar-refractivity contribution in [2.24, 2.45) is 5.73 Å². The number of nitrogens with two attached hydrogens (primary N) is 1. The Morgan fingerprint density at radius 2 is 1.81 bits per heavy atom. The number of nitrogens with zero attached hydrogens (tertiary/aromatic N) is 4. The van der Waals surface area contributed by atoms with Crippen molar-refractivity contribution in [2.75, 3.05) is 36.0 Å². The molecular weight excluding hydrogens is 282 g/mol. The van der Waals surface area contributed by atoms with Crippen LogP contribution < -0.4 is 15.5 Å². The monoisotopic (exact) mass is 299 g/mol. The average Bonchev–Trinajstić information content (AvgIpc) is 2.56. The third-order valence-electron chi connectivity index (χ3n) is 3.66. The number of rotatable bonds is 3. The summed E-state index contributed by atoms with van der Waals surface area (Å²) in [5.74, 6) is 1.03. The second-order valence-electron chi connectivity index (χ2n) is 4.92. The Kier molecular flexibility index (Phi) is 3.96. The van der Waals surface area contributed by atoms with Crippen molar-refractivity contribution >= 4 is 28.7 Å². The van der Waals surface area contributed by atoms with Crippen LogP contribution in [0, 0.1) is 0 Å². The number of hydrogen-bond acceptors (Lipinski definition) is 5. The molecule has 2 aromatic heterocycles. The van der Waals surface area contributed by atoms with E-state index in [0.717, 1.165) is 43.2 Å². The van der Waals surface area contributed by atoms with Crippen LogP contribution >= 0.6 is 12.2 Å². The lowest BCUT2D eigenvalue weighted by Crippen LogP contribution is -2.47. The van der Waals surface area contributed by atoms with Gasteiger partial charge in [0.25, 0.3) is 0 Å².